The average molecular weight is 323 g/mol. The fraction of sp³-hybridized carbons (Fsp3) is 0.467. The number of benzene rings is 1. The first-order chi connectivity index (χ1) is 10.5. The summed E-state index contributed by atoms with van der Waals surface area (Å²) in [5.74, 6) is 0.0154. The molecular formula is C15H21N3O3S. The van der Waals surface area contributed by atoms with Crippen LogP contribution in [0.3, 0.4) is 0 Å². The van der Waals surface area contributed by atoms with Crippen molar-refractivity contribution in [3.05, 3.63) is 29.8 Å². The van der Waals surface area contributed by atoms with Gasteiger partial charge in [-0.2, -0.15) is 5.26 Å². The highest BCUT2D eigenvalue weighted by atomic mass is 32.2. The second-order valence-electron chi connectivity index (χ2n) is 4.68. The molecule has 1 N–H and O–H groups in total. The van der Waals surface area contributed by atoms with Gasteiger partial charge in [0.15, 0.2) is 0 Å². The van der Waals surface area contributed by atoms with Crippen molar-refractivity contribution in [1.82, 2.24) is 9.62 Å². The predicted octanol–water partition coefficient (Wildman–Crippen LogP) is 1.49. The van der Waals surface area contributed by atoms with Crippen LogP contribution in [0.1, 0.15) is 32.3 Å². The molecule has 0 saturated carbocycles. The maximum Gasteiger partial charge on any atom is 0.241 e. The molecule has 0 heterocycles. The van der Waals surface area contributed by atoms with E-state index in [-0.39, 0.29) is 22.9 Å². The Labute approximate surface area is 131 Å². The standard InChI is InChI=1S/C15H21N3O3S/c1-3-18(4-2)15(19)10-7-11-17-22(20,21)14-9-6-5-8-13(14)12-16/h5-6,8-9,17H,3-4,7,10-11H2,1-2H3. The Morgan fingerprint density at radius 1 is 1.27 bits per heavy atom. The molecule has 0 aliphatic rings. The number of carbonyl (C=O) groups excluding carboxylic acids is 1. The number of nitrogens with zero attached hydrogens (tertiary/aromatic N) is 2. The van der Waals surface area contributed by atoms with Crippen LogP contribution < -0.4 is 4.72 Å². The highest BCUT2D eigenvalue weighted by molar-refractivity contribution is 7.89. The van der Waals surface area contributed by atoms with Gasteiger partial charge >= 0.3 is 0 Å². The van der Waals surface area contributed by atoms with E-state index in [0.29, 0.717) is 25.9 Å². The van der Waals surface area contributed by atoms with Crippen molar-refractivity contribution in [3.8, 4) is 6.07 Å². The molecular weight excluding hydrogens is 302 g/mol. The average Bonchev–Trinajstić information content (AvgIpc) is 2.52. The van der Waals surface area contributed by atoms with Crippen LogP contribution in [0.15, 0.2) is 29.2 Å². The van der Waals surface area contributed by atoms with E-state index in [9.17, 15) is 13.2 Å². The lowest BCUT2D eigenvalue weighted by Crippen LogP contribution is -2.31. The Kier molecular flexibility index (Phi) is 7.02. The zero-order chi connectivity index (χ0) is 16.6. The van der Waals surface area contributed by atoms with Gasteiger partial charge in [-0.3, -0.25) is 4.79 Å². The maximum absolute atomic E-state index is 12.1. The third-order valence-corrected chi connectivity index (χ3v) is 4.79. The van der Waals surface area contributed by atoms with Gasteiger partial charge in [-0.25, -0.2) is 13.1 Å². The fourth-order valence-electron chi connectivity index (χ4n) is 2.05. The second-order valence-corrected chi connectivity index (χ2v) is 6.41. The number of hydrogen-bond donors (Lipinski definition) is 1. The van der Waals surface area contributed by atoms with Crippen LogP contribution in [-0.4, -0.2) is 38.9 Å². The van der Waals surface area contributed by atoms with E-state index < -0.39 is 10.0 Å². The molecule has 0 spiro atoms. The van der Waals surface area contributed by atoms with E-state index in [2.05, 4.69) is 4.72 Å². The molecule has 0 aliphatic heterocycles. The van der Waals surface area contributed by atoms with Crippen LogP contribution in [0.5, 0.6) is 0 Å². The molecule has 1 aromatic carbocycles. The van der Waals surface area contributed by atoms with Crippen molar-refractivity contribution in [2.24, 2.45) is 0 Å². The summed E-state index contributed by atoms with van der Waals surface area (Å²) in [6.45, 7) is 5.27. The molecule has 0 unspecified atom stereocenters. The first kappa shape index (κ1) is 18.1. The van der Waals surface area contributed by atoms with Crippen LogP contribution in [0.4, 0.5) is 0 Å². The van der Waals surface area contributed by atoms with Crippen molar-refractivity contribution < 1.29 is 13.2 Å². The summed E-state index contributed by atoms with van der Waals surface area (Å²) in [4.78, 5) is 13.5. The molecule has 7 heteroatoms. The number of rotatable bonds is 8. The lowest BCUT2D eigenvalue weighted by Gasteiger charge is -2.18. The van der Waals surface area contributed by atoms with Gasteiger partial charge < -0.3 is 4.90 Å². The van der Waals surface area contributed by atoms with Gasteiger partial charge in [0.25, 0.3) is 0 Å². The molecule has 0 saturated heterocycles. The smallest absolute Gasteiger partial charge is 0.241 e. The third-order valence-electron chi connectivity index (χ3n) is 3.27. The number of hydrogen-bond acceptors (Lipinski definition) is 4. The molecule has 0 radical (unpaired) electrons. The summed E-state index contributed by atoms with van der Waals surface area (Å²) < 4.78 is 26.7. The molecule has 22 heavy (non-hydrogen) atoms. The van der Waals surface area contributed by atoms with Crippen molar-refractivity contribution in [3.63, 3.8) is 0 Å². The van der Waals surface area contributed by atoms with E-state index >= 15 is 0 Å². The first-order valence-electron chi connectivity index (χ1n) is 7.22. The number of nitrogens with one attached hydrogen (secondary N) is 1. The Bertz CT molecular complexity index is 646. The van der Waals surface area contributed by atoms with Gasteiger partial charge in [-0.05, 0) is 32.4 Å². The molecule has 1 rings (SSSR count). The number of nitriles is 1. The largest absolute Gasteiger partial charge is 0.343 e. The topological polar surface area (TPSA) is 90.3 Å². The number of carbonyl (C=O) groups is 1. The summed E-state index contributed by atoms with van der Waals surface area (Å²) in [5.41, 5.74) is 0.106. The van der Waals surface area contributed by atoms with Gasteiger partial charge in [0.1, 0.15) is 6.07 Å². The van der Waals surface area contributed by atoms with Crippen LogP contribution in [0, 0.1) is 11.3 Å². The molecule has 120 valence electrons. The molecule has 0 fully saturated rings. The number of sulfonamides is 1. The minimum Gasteiger partial charge on any atom is -0.343 e. The van der Waals surface area contributed by atoms with Crippen LogP contribution >= 0.6 is 0 Å². The monoisotopic (exact) mass is 323 g/mol. The van der Waals surface area contributed by atoms with Gasteiger partial charge in [-0.1, -0.05) is 12.1 Å². The van der Waals surface area contributed by atoms with E-state index in [1.54, 1.807) is 17.0 Å². The van der Waals surface area contributed by atoms with E-state index in [4.69, 9.17) is 5.26 Å². The Morgan fingerprint density at radius 3 is 2.50 bits per heavy atom. The Hall–Kier alpha value is -1.91. The lowest BCUT2D eigenvalue weighted by atomic mass is 10.2. The van der Waals surface area contributed by atoms with Crippen molar-refractivity contribution >= 4 is 15.9 Å². The highest BCUT2D eigenvalue weighted by Crippen LogP contribution is 2.14. The molecule has 0 atom stereocenters. The molecule has 1 aromatic rings. The minimum atomic E-state index is -3.73. The maximum atomic E-state index is 12.1. The van der Waals surface area contributed by atoms with Crippen molar-refractivity contribution in [2.75, 3.05) is 19.6 Å². The van der Waals surface area contributed by atoms with Gasteiger partial charge in [0.05, 0.1) is 10.5 Å². The quantitative estimate of drug-likeness (QED) is 0.734. The van der Waals surface area contributed by atoms with Crippen LogP contribution in [-0.2, 0) is 14.8 Å². The summed E-state index contributed by atoms with van der Waals surface area (Å²) in [7, 11) is -3.73. The molecule has 6 nitrogen and oxygen atoms in total. The third kappa shape index (κ3) is 4.83. The molecule has 1 amide bonds. The van der Waals surface area contributed by atoms with E-state index in [1.807, 2.05) is 19.9 Å². The van der Waals surface area contributed by atoms with Crippen molar-refractivity contribution in [1.29, 1.82) is 5.26 Å². The summed E-state index contributed by atoms with van der Waals surface area (Å²) in [6.07, 6.45) is 0.716. The Morgan fingerprint density at radius 2 is 1.91 bits per heavy atom. The highest BCUT2D eigenvalue weighted by Gasteiger charge is 2.17. The van der Waals surface area contributed by atoms with Gasteiger partial charge in [0.2, 0.25) is 15.9 Å². The SMILES string of the molecule is CCN(CC)C(=O)CCCNS(=O)(=O)c1ccccc1C#N. The van der Waals surface area contributed by atoms with Crippen LogP contribution in [0.2, 0.25) is 0 Å². The van der Waals surface area contributed by atoms with E-state index in [1.165, 1.54) is 12.1 Å². The van der Waals surface area contributed by atoms with Crippen LogP contribution in [0.25, 0.3) is 0 Å². The van der Waals surface area contributed by atoms with E-state index in [0.717, 1.165) is 0 Å². The molecule has 0 aromatic heterocycles. The van der Waals surface area contributed by atoms with Crippen molar-refractivity contribution in [2.45, 2.75) is 31.6 Å². The molecule has 0 bridgehead atoms. The number of amides is 1. The lowest BCUT2D eigenvalue weighted by molar-refractivity contribution is -0.130. The van der Waals surface area contributed by atoms with Gasteiger partial charge in [-0.15, -0.1) is 0 Å². The Balaban J connectivity index is 2.58. The first-order valence-corrected chi connectivity index (χ1v) is 8.71. The normalized spacial score (nSPS) is 11.0. The van der Waals surface area contributed by atoms with Gasteiger partial charge in [0, 0.05) is 26.1 Å². The minimum absolute atomic E-state index is 0.0154. The second kappa shape index (κ2) is 8.51. The molecule has 0 aliphatic carbocycles. The summed E-state index contributed by atoms with van der Waals surface area (Å²) in [5, 5.41) is 8.95. The summed E-state index contributed by atoms with van der Waals surface area (Å²) in [6, 6.07) is 7.89. The zero-order valence-electron chi connectivity index (χ0n) is 12.9. The predicted molar refractivity (Wildman–Crippen MR) is 83.5 cm³/mol. The summed E-state index contributed by atoms with van der Waals surface area (Å²) >= 11 is 0. The zero-order valence-corrected chi connectivity index (χ0v) is 13.7. The fourth-order valence-corrected chi connectivity index (χ4v) is 3.28.